The highest BCUT2D eigenvalue weighted by molar-refractivity contribution is 7.91. The van der Waals surface area contributed by atoms with Gasteiger partial charge in [-0.2, -0.15) is 4.31 Å². The zero-order valence-corrected chi connectivity index (χ0v) is 19.9. The molecule has 2 aromatic carbocycles. The number of aryl methyl sites for hydroxylation is 3. The van der Waals surface area contributed by atoms with Crippen LogP contribution in [0.15, 0.2) is 46.7 Å². The van der Waals surface area contributed by atoms with Gasteiger partial charge < -0.3 is 5.11 Å². The summed E-state index contributed by atoms with van der Waals surface area (Å²) in [6, 6.07) is 12.2. The number of hydrogen-bond donors (Lipinski definition) is 1. The van der Waals surface area contributed by atoms with E-state index in [4.69, 9.17) is 5.11 Å². The van der Waals surface area contributed by atoms with Crippen molar-refractivity contribution in [3.05, 3.63) is 65.0 Å². The molecule has 0 aliphatic carbocycles. The van der Waals surface area contributed by atoms with Gasteiger partial charge in [0.05, 0.1) is 0 Å². The fourth-order valence-electron chi connectivity index (χ4n) is 3.72. The fourth-order valence-corrected chi connectivity index (χ4v) is 7.17. The first-order valence-corrected chi connectivity index (χ1v) is 13.0. The van der Waals surface area contributed by atoms with Crippen LogP contribution in [0.25, 0.3) is 10.1 Å². The average Bonchev–Trinajstić information content (AvgIpc) is 3.09. The number of carboxylic acid groups (broad SMARTS) is 1. The van der Waals surface area contributed by atoms with E-state index >= 15 is 0 Å². The summed E-state index contributed by atoms with van der Waals surface area (Å²) in [6.45, 7) is 4.52. The van der Waals surface area contributed by atoms with Crippen LogP contribution in [0.5, 0.6) is 0 Å². The van der Waals surface area contributed by atoms with Crippen LogP contribution >= 0.6 is 11.3 Å². The van der Waals surface area contributed by atoms with Gasteiger partial charge in [-0.05, 0) is 72.9 Å². The molecule has 0 fully saturated rings. The Morgan fingerprint density at radius 2 is 1.72 bits per heavy atom. The largest absolute Gasteiger partial charge is 0.481 e. The molecule has 0 spiro atoms. The lowest BCUT2D eigenvalue weighted by molar-refractivity contribution is -0.136. The Morgan fingerprint density at radius 1 is 1.06 bits per heavy atom. The summed E-state index contributed by atoms with van der Waals surface area (Å²) >= 11 is 1.19. The molecule has 0 amide bonds. The van der Waals surface area contributed by atoms with Crippen molar-refractivity contribution in [2.24, 2.45) is 0 Å². The van der Waals surface area contributed by atoms with E-state index in [2.05, 4.69) is 0 Å². The predicted molar refractivity (Wildman–Crippen MR) is 126 cm³/mol. The smallest absolute Gasteiger partial charge is 0.303 e. The molecule has 1 aromatic heterocycles. The number of thiophene rings is 1. The topological polar surface area (TPSA) is 74.7 Å². The van der Waals surface area contributed by atoms with E-state index in [1.54, 1.807) is 13.0 Å². The van der Waals surface area contributed by atoms with E-state index in [-0.39, 0.29) is 16.4 Å². The second-order valence-corrected chi connectivity index (χ2v) is 11.1. The van der Waals surface area contributed by atoms with Crippen molar-refractivity contribution in [3.8, 4) is 0 Å². The SMILES string of the molecule is CCCN(CCCc1ccc(CCC(=O)O)cc1)S(=O)(=O)c1sc2ccc(F)cc2c1C. The molecule has 8 heteroatoms. The van der Waals surface area contributed by atoms with E-state index in [0.717, 1.165) is 22.2 Å². The third-order valence-electron chi connectivity index (χ3n) is 5.43. The van der Waals surface area contributed by atoms with E-state index in [0.29, 0.717) is 43.3 Å². The maximum Gasteiger partial charge on any atom is 0.303 e. The van der Waals surface area contributed by atoms with Crippen molar-refractivity contribution in [3.63, 3.8) is 0 Å². The third-order valence-corrected chi connectivity index (χ3v) is 9.19. The molecule has 3 rings (SSSR count). The number of benzene rings is 2. The quantitative estimate of drug-likeness (QED) is 0.401. The Hall–Kier alpha value is -2.29. The van der Waals surface area contributed by atoms with Gasteiger partial charge in [-0.25, -0.2) is 12.8 Å². The van der Waals surface area contributed by atoms with Crippen LogP contribution in [0.3, 0.4) is 0 Å². The molecule has 0 atom stereocenters. The number of sulfonamides is 1. The van der Waals surface area contributed by atoms with Gasteiger partial charge in [-0.1, -0.05) is 31.2 Å². The van der Waals surface area contributed by atoms with Gasteiger partial charge in [0, 0.05) is 24.2 Å². The van der Waals surface area contributed by atoms with E-state index in [1.807, 2.05) is 31.2 Å². The highest BCUT2D eigenvalue weighted by Gasteiger charge is 2.28. The van der Waals surface area contributed by atoms with Crippen molar-refractivity contribution in [2.75, 3.05) is 13.1 Å². The number of halogens is 1. The Balaban J connectivity index is 1.70. The monoisotopic (exact) mass is 477 g/mol. The number of aliphatic carboxylic acids is 1. The Bertz CT molecular complexity index is 1190. The van der Waals surface area contributed by atoms with Gasteiger partial charge in [0.1, 0.15) is 10.0 Å². The number of fused-ring (bicyclic) bond motifs is 1. The summed E-state index contributed by atoms with van der Waals surface area (Å²) < 4.78 is 43.0. The van der Waals surface area contributed by atoms with Gasteiger partial charge in [0.25, 0.3) is 10.0 Å². The number of rotatable bonds is 11. The number of carboxylic acids is 1. The first-order valence-electron chi connectivity index (χ1n) is 10.7. The normalized spacial score (nSPS) is 12.0. The summed E-state index contributed by atoms with van der Waals surface area (Å²) in [5.41, 5.74) is 2.66. The van der Waals surface area contributed by atoms with Crippen LogP contribution in [-0.4, -0.2) is 36.9 Å². The van der Waals surface area contributed by atoms with Crippen molar-refractivity contribution in [1.29, 1.82) is 0 Å². The van der Waals surface area contributed by atoms with Gasteiger partial charge in [-0.15, -0.1) is 11.3 Å². The first kappa shape index (κ1) is 24.4. The molecule has 1 N–H and O–H groups in total. The van der Waals surface area contributed by atoms with E-state index in [9.17, 15) is 17.6 Å². The van der Waals surface area contributed by atoms with Crippen LogP contribution in [-0.2, 0) is 27.7 Å². The van der Waals surface area contributed by atoms with Crippen LogP contribution in [0.2, 0.25) is 0 Å². The fraction of sp³-hybridized carbons (Fsp3) is 0.375. The third kappa shape index (κ3) is 5.74. The molecule has 0 radical (unpaired) electrons. The molecule has 0 unspecified atom stereocenters. The molecule has 0 aliphatic rings. The Labute approximate surface area is 192 Å². The van der Waals surface area contributed by atoms with Gasteiger partial charge in [0.15, 0.2) is 0 Å². The summed E-state index contributed by atoms with van der Waals surface area (Å²) in [7, 11) is -3.67. The minimum Gasteiger partial charge on any atom is -0.481 e. The zero-order chi connectivity index (χ0) is 23.3. The van der Waals surface area contributed by atoms with Crippen molar-refractivity contribution < 1.29 is 22.7 Å². The lowest BCUT2D eigenvalue weighted by Gasteiger charge is -2.21. The minimum atomic E-state index is -3.67. The zero-order valence-electron chi connectivity index (χ0n) is 18.3. The molecule has 0 aliphatic heterocycles. The standard InChI is InChI=1S/C24H28FNO4S2/c1-3-14-26(15-4-5-18-6-8-19(9-7-18)10-13-23(27)28)32(29,30)24-17(2)21-16-20(25)11-12-22(21)31-24/h6-9,11-12,16H,3-5,10,13-15H2,1-2H3,(H,27,28). The summed E-state index contributed by atoms with van der Waals surface area (Å²) in [5, 5.41) is 9.44. The Morgan fingerprint density at radius 3 is 2.34 bits per heavy atom. The predicted octanol–water partition coefficient (Wildman–Crippen LogP) is 5.40. The highest BCUT2D eigenvalue weighted by Crippen LogP contribution is 2.36. The molecule has 32 heavy (non-hydrogen) atoms. The summed E-state index contributed by atoms with van der Waals surface area (Å²) in [6.07, 6.45) is 2.71. The molecule has 1 heterocycles. The molecule has 0 saturated carbocycles. The second kappa shape index (κ2) is 10.6. The van der Waals surface area contributed by atoms with Gasteiger partial charge in [-0.3, -0.25) is 4.79 Å². The molecular weight excluding hydrogens is 449 g/mol. The lowest BCUT2D eigenvalue weighted by Crippen LogP contribution is -2.33. The maximum atomic E-state index is 13.7. The summed E-state index contributed by atoms with van der Waals surface area (Å²) in [4.78, 5) is 10.7. The van der Waals surface area contributed by atoms with Crippen LogP contribution < -0.4 is 0 Å². The van der Waals surface area contributed by atoms with Crippen molar-refractivity contribution in [1.82, 2.24) is 4.31 Å². The number of carbonyl (C=O) groups is 1. The van der Waals surface area contributed by atoms with Crippen molar-refractivity contribution in [2.45, 2.75) is 50.2 Å². The number of nitrogens with zero attached hydrogens (tertiary/aromatic N) is 1. The van der Waals surface area contributed by atoms with Crippen LogP contribution in [0.1, 0.15) is 42.9 Å². The van der Waals surface area contributed by atoms with Crippen LogP contribution in [0.4, 0.5) is 4.39 Å². The molecule has 172 valence electrons. The van der Waals surface area contributed by atoms with E-state index < -0.39 is 16.0 Å². The van der Waals surface area contributed by atoms with E-state index in [1.165, 1.54) is 27.8 Å². The van der Waals surface area contributed by atoms with Crippen LogP contribution in [0, 0.1) is 12.7 Å². The molecule has 5 nitrogen and oxygen atoms in total. The molecule has 3 aromatic rings. The maximum absolute atomic E-state index is 13.7. The Kier molecular flexibility index (Phi) is 8.03. The second-order valence-electron chi connectivity index (χ2n) is 7.87. The molecular formula is C24H28FNO4S2. The highest BCUT2D eigenvalue weighted by atomic mass is 32.2. The average molecular weight is 478 g/mol. The van der Waals surface area contributed by atoms with Gasteiger partial charge in [0.2, 0.25) is 0 Å². The lowest BCUT2D eigenvalue weighted by atomic mass is 10.0. The number of hydrogen-bond acceptors (Lipinski definition) is 4. The summed E-state index contributed by atoms with van der Waals surface area (Å²) in [5.74, 6) is -1.19. The molecule has 0 bridgehead atoms. The van der Waals surface area contributed by atoms with Gasteiger partial charge >= 0.3 is 5.97 Å². The van der Waals surface area contributed by atoms with Crippen molar-refractivity contribution >= 4 is 37.4 Å². The molecule has 0 saturated heterocycles. The first-order chi connectivity index (χ1) is 15.2. The minimum absolute atomic E-state index is 0.104.